The summed E-state index contributed by atoms with van der Waals surface area (Å²) in [4.78, 5) is 12.7. The van der Waals surface area contributed by atoms with Crippen molar-refractivity contribution in [2.24, 2.45) is 0 Å². The average Bonchev–Trinajstić information content (AvgIpc) is 2.90. The Morgan fingerprint density at radius 1 is 1.15 bits per heavy atom. The summed E-state index contributed by atoms with van der Waals surface area (Å²) in [5, 5.41) is 20.3. The second kappa shape index (κ2) is 7.23. The van der Waals surface area contributed by atoms with Crippen LogP contribution in [-0.4, -0.2) is 32.8 Å². The standard InChI is InChI=1S/C18H22ClN5O2/c19-15-11-14(24(25)26)7-8-16(15)22-9-4-5-13(12-22)18-21-20-17-6-2-1-3-10-23(17)18/h7-8,11,13H,1-6,9-10,12H2/t13-/m1/s1. The minimum atomic E-state index is -0.417. The van der Waals surface area contributed by atoms with Crippen molar-refractivity contribution in [3.8, 4) is 0 Å². The molecule has 0 spiro atoms. The predicted molar refractivity (Wildman–Crippen MR) is 99.9 cm³/mol. The highest BCUT2D eigenvalue weighted by Gasteiger charge is 2.28. The van der Waals surface area contributed by atoms with E-state index < -0.39 is 4.92 Å². The smallest absolute Gasteiger partial charge is 0.271 e. The van der Waals surface area contributed by atoms with E-state index in [0.29, 0.717) is 10.9 Å². The first-order chi connectivity index (χ1) is 12.6. The highest BCUT2D eigenvalue weighted by Crippen LogP contribution is 2.35. The minimum Gasteiger partial charge on any atom is -0.370 e. The van der Waals surface area contributed by atoms with Gasteiger partial charge in [0.2, 0.25) is 0 Å². The monoisotopic (exact) mass is 375 g/mol. The van der Waals surface area contributed by atoms with Crippen molar-refractivity contribution in [1.82, 2.24) is 14.8 Å². The Hall–Kier alpha value is -2.15. The van der Waals surface area contributed by atoms with Gasteiger partial charge in [0.05, 0.1) is 15.6 Å². The molecule has 2 aromatic rings. The number of piperidine rings is 1. The maximum Gasteiger partial charge on any atom is 0.271 e. The van der Waals surface area contributed by atoms with E-state index in [1.54, 1.807) is 6.07 Å². The van der Waals surface area contributed by atoms with Crippen LogP contribution in [0.25, 0.3) is 0 Å². The minimum absolute atomic E-state index is 0.0232. The number of fused-ring (bicyclic) bond motifs is 1. The van der Waals surface area contributed by atoms with Crippen molar-refractivity contribution in [2.75, 3.05) is 18.0 Å². The van der Waals surface area contributed by atoms with Crippen LogP contribution in [0, 0.1) is 10.1 Å². The predicted octanol–water partition coefficient (Wildman–Crippen LogP) is 3.95. The molecule has 1 saturated heterocycles. The largest absolute Gasteiger partial charge is 0.370 e. The first-order valence-corrected chi connectivity index (χ1v) is 9.62. The van der Waals surface area contributed by atoms with Crippen molar-refractivity contribution in [3.63, 3.8) is 0 Å². The summed E-state index contributed by atoms with van der Waals surface area (Å²) in [5.74, 6) is 2.52. The second-order valence-electron chi connectivity index (χ2n) is 7.11. The number of benzene rings is 1. The first kappa shape index (κ1) is 17.3. The van der Waals surface area contributed by atoms with E-state index in [4.69, 9.17) is 11.6 Å². The summed E-state index contributed by atoms with van der Waals surface area (Å²) in [6.07, 6.45) is 6.75. The van der Waals surface area contributed by atoms with Gasteiger partial charge < -0.3 is 9.47 Å². The Balaban J connectivity index is 1.57. The van der Waals surface area contributed by atoms with Crippen molar-refractivity contribution < 1.29 is 4.92 Å². The Labute approximate surface area is 157 Å². The maximum atomic E-state index is 10.9. The van der Waals surface area contributed by atoms with Crippen molar-refractivity contribution in [3.05, 3.63) is 45.0 Å². The van der Waals surface area contributed by atoms with Crippen molar-refractivity contribution in [2.45, 2.75) is 51.0 Å². The number of nitro benzene ring substituents is 1. The molecule has 26 heavy (non-hydrogen) atoms. The lowest BCUT2D eigenvalue weighted by Crippen LogP contribution is -2.35. The SMILES string of the molecule is O=[N+]([O-])c1ccc(N2CCC[C@@H](c3nnc4n3CCCCC4)C2)c(Cl)c1. The van der Waals surface area contributed by atoms with Gasteiger partial charge in [0.15, 0.2) is 0 Å². The lowest BCUT2D eigenvalue weighted by molar-refractivity contribution is -0.384. The molecule has 1 fully saturated rings. The van der Waals surface area contributed by atoms with Gasteiger partial charge in [-0.05, 0) is 31.7 Å². The third-order valence-electron chi connectivity index (χ3n) is 5.41. The summed E-state index contributed by atoms with van der Waals surface area (Å²) in [6.45, 7) is 2.72. The summed E-state index contributed by atoms with van der Waals surface area (Å²) in [7, 11) is 0. The fourth-order valence-electron chi connectivity index (χ4n) is 4.08. The number of nitro groups is 1. The summed E-state index contributed by atoms with van der Waals surface area (Å²) >= 11 is 6.34. The number of anilines is 1. The molecule has 2 aliphatic heterocycles. The van der Waals surface area contributed by atoms with Crippen LogP contribution in [0.1, 0.15) is 49.7 Å². The number of non-ortho nitro benzene ring substituents is 1. The molecule has 0 aliphatic carbocycles. The van der Waals surface area contributed by atoms with Crippen LogP contribution in [0.5, 0.6) is 0 Å². The second-order valence-corrected chi connectivity index (χ2v) is 7.52. The quantitative estimate of drug-likeness (QED) is 0.599. The van der Waals surface area contributed by atoms with Crippen LogP contribution in [-0.2, 0) is 13.0 Å². The number of rotatable bonds is 3. The number of halogens is 1. The molecule has 0 radical (unpaired) electrons. The highest BCUT2D eigenvalue weighted by molar-refractivity contribution is 6.33. The molecule has 0 saturated carbocycles. The third-order valence-corrected chi connectivity index (χ3v) is 5.71. The average molecular weight is 376 g/mol. The maximum absolute atomic E-state index is 10.9. The van der Waals surface area contributed by atoms with Crippen LogP contribution >= 0.6 is 11.6 Å². The molecular weight excluding hydrogens is 354 g/mol. The summed E-state index contributed by atoms with van der Waals surface area (Å²) in [5.41, 5.74) is 0.882. The number of aromatic nitrogens is 3. The van der Waals surface area contributed by atoms with E-state index in [2.05, 4.69) is 19.7 Å². The van der Waals surface area contributed by atoms with E-state index in [9.17, 15) is 10.1 Å². The van der Waals surface area contributed by atoms with Crippen LogP contribution in [0.2, 0.25) is 5.02 Å². The Morgan fingerprint density at radius 2 is 2.04 bits per heavy atom. The van der Waals surface area contributed by atoms with Gasteiger partial charge in [-0.15, -0.1) is 10.2 Å². The molecule has 2 aliphatic rings. The Bertz CT molecular complexity index is 822. The number of hydrogen-bond donors (Lipinski definition) is 0. The third kappa shape index (κ3) is 3.28. The van der Waals surface area contributed by atoms with E-state index in [1.165, 1.54) is 31.4 Å². The zero-order chi connectivity index (χ0) is 18.1. The van der Waals surface area contributed by atoms with Gasteiger partial charge in [-0.25, -0.2) is 0 Å². The number of aryl methyl sites for hydroxylation is 1. The first-order valence-electron chi connectivity index (χ1n) is 9.24. The van der Waals surface area contributed by atoms with Gasteiger partial charge in [0.25, 0.3) is 5.69 Å². The van der Waals surface area contributed by atoms with Crippen LogP contribution in [0.15, 0.2) is 18.2 Å². The molecule has 1 aromatic carbocycles. The molecule has 138 valence electrons. The topological polar surface area (TPSA) is 77.1 Å². The van der Waals surface area contributed by atoms with Gasteiger partial charge in [-0.3, -0.25) is 10.1 Å². The normalized spacial score (nSPS) is 20.5. The van der Waals surface area contributed by atoms with E-state index in [-0.39, 0.29) is 5.69 Å². The van der Waals surface area contributed by atoms with Crippen molar-refractivity contribution >= 4 is 23.0 Å². The Kier molecular flexibility index (Phi) is 4.80. The molecule has 4 rings (SSSR count). The molecule has 1 atom stereocenters. The van der Waals surface area contributed by atoms with Crippen LogP contribution in [0.3, 0.4) is 0 Å². The molecule has 1 aromatic heterocycles. The molecule has 0 bridgehead atoms. The van der Waals surface area contributed by atoms with Gasteiger partial charge in [0, 0.05) is 44.1 Å². The zero-order valence-corrected chi connectivity index (χ0v) is 15.4. The fourth-order valence-corrected chi connectivity index (χ4v) is 4.38. The van der Waals surface area contributed by atoms with Gasteiger partial charge in [-0.1, -0.05) is 18.0 Å². The molecule has 3 heterocycles. The van der Waals surface area contributed by atoms with E-state index in [1.807, 2.05) is 0 Å². The fraction of sp³-hybridized carbons (Fsp3) is 0.556. The Morgan fingerprint density at radius 3 is 2.85 bits per heavy atom. The molecule has 8 heteroatoms. The zero-order valence-electron chi connectivity index (χ0n) is 14.6. The van der Waals surface area contributed by atoms with Gasteiger partial charge in [-0.2, -0.15) is 0 Å². The molecule has 0 amide bonds. The van der Waals surface area contributed by atoms with Crippen molar-refractivity contribution in [1.29, 1.82) is 0 Å². The molecule has 7 nitrogen and oxygen atoms in total. The lowest BCUT2D eigenvalue weighted by Gasteiger charge is -2.34. The van der Waals surface area contributed by atoms with Crippen LogP contribution in [0.4, 0.5) is 11.4 Å². The van der Waals surface area contributed by atoms with Gasteiger partial charge in [0.1, 0.15) is 11.6 Å². The summed E-state index contributed by atoms with van der Waals surface area (Å²) < 4.78 is 2.32. The number of hydrogen-bond acceptors (Lipinski definition) is 5. The van der Waals surface area contributed by atoms with Gasteiger partial charge >= 0.3 is 0 Å². The van der Waals surface area contributed by atoms with E-state index >= 15 is 0 Å². The van der Waals surface area contributed by atoms with Crippen LogP contribution < -0.4 is 4.90 Å². The van der Waals surface area contributed by atoms with E-state index in [0.717, 1.165) is 56.2 Å². The molecule has 0 unspecified atom stereocenters. The molecule has 0 N–H and O–H groups in total. The number of nitrogens with zero attached hydrogens (tertiary/aromatic N) is 5. The molecular formula is C18H22ClN5O2. The lowest BCUT2D eigenvalue weighted by atomic mass is 9.96. The summed E-state index contributed by atoms with van der Waals surface area (Å²) in [6, 6.07) is 4.71. The highest BCUT2D eigenvalue weighted by atomic mass is 35.5.